The average Bonchev–Trinajstić information content (AvgIpc) is 2.66. The summed E-state index contributed by atoms with van der Waals surface area (Å²) in [7, 11) is 1.50. The van der Waals surface area contributed by atoms with Crippen LogP contribution in [0, 0.1) is 5.92 Å². The lowest BCUT2D eigenvalue weighted by molar-refractivity contribution is -0.126. The number of ether oxygens (including phenoxy) is 1. The highest BCUT2D eigenvalue weighted by atomic mass is 16.7. The Balaban J connectivity index is 2.38. The topological polar surface area (TPSA) is 103 Å². The van der Waals surface area contributed by atoms with Crippen LogP contribution < -0.4 is 26.1 Å². The molecule has 150 valence electrons. The van der Waals surface area contributed by atoms with E-state index in [1.54, 1.807) is 18.2 Å². The number of nitrogens with two attached hydrogens (primary N) is 1. The summed E-state index contributed by atoms with van der Waals surface area (Å²) in [6.45, 7) is 4.53. The fraction of sp³-hybridized carbons (Fsp3) is 0.500. The maximum atomic E-state index is 11.9. The number of hydrogen-bond donors (Lipinski definition) is 3. The molecule has 0 aromatic heterocycles. The van der Waals surface area contributed by atoms with Crippen molar-refractivity contribution < 1.29 is 19.2 Å². The molecule has 0 saturated carbocycles. The second-order valence-electron chi connectivity index (χ2n) is 6.51. The van der Waals surface area contributed by atoms with Crippen molar-refractivity contribution in [3.8, 4) is 11.5 Å². The number of benzene rings is 1. The lowest BCUT2D eigenvalue weighted by Gasteiger charge is -2.12. The van der Waals surface area contributed by atoms with E-state index in [0.29, 0.717) is 30.4 Å². The van der Waals surface area contributed by atoms with Gasteiger partial charge in [-0.3, -0.25) is 9.59 Å². The highest BCUT2D eigenvalue weighted by Crippen LogP contribution is 2.27. The lowest BCUT2D eigenvalue weighted by Crippen LogP contribution is -2.33. The fourth-order valence-corrected chi connectivity index (χ4v) is 2.27. The van der Waals surface area contributed by atoms with Crippen molar-refractivity contribution in [1.29, 1.82) is 0 Å². The van der Waals surface area contributed by atoms with Gasteiger partial charge < -0.3 is 20.6 Å². The number of nitrogens with one attached hydrogen (secondary N) is 2. The number of rotatable bonds is 12. The summed E-state index contributed by atoms with van der Waals surface area (Å²) in [6.07, 6.45) is 7.75. The minimum atomic E-state index is -0.437. The second-order valence-corrected chi connectivity index (χ2v) is 6.51. The molecule has 2 amide bonds. The van der Waals surface area contributed by atoms with Gasteiger partial charge in [0.05, 0.1) is 13.7 Å². The van der Waals surface area contributed by atoms with Crippen molar-refractivity contribution in [3.05, 3.63) is 35.9 Å². The normalized spacial score (nSPS) is 10.9. The standard InChI is InChI=1S/C20H31N3O4/c1-15(2)8-6-4-5-7-9-19(24)22-14-16-10-11-17(18(12-16)26-3)27-23-20(25)13-21/h6,8,10-12,15H,4-5,7,9,13-14,21H2,1-3H3,(H,22,24)(H,23,25)/b8-6+. The van der Waals surface area contributed by atoms with Crippen molar-refractivity contribution in [3.63, 3.8) is 0 Å². The largest absolute Gasteiger partial charge is 0.493 e. The van der Waals surface area contributed by atoms with E-state index in [0.717, 1.165) is 24.8 Å². The molecular weight excluding hydrogens is 346 g/mol. The summed E-state index contributed by atoms with van der Waals surface area (Å²) in [5.74, 6) is 0.976. The molecular formula is C20H31N3O4. The summed E-state index contributed by atoms with van der Waals surface area (Å²) < 4.78 is 5.25. The number of hydroxylamine groups is 1. The molecule has 0 saturated heterocycles. The van der Waals surface area contributed by atoms with Gasteiger partial charge in [-0.05, 0) is 42.9 Å². The third-order valence-electron chi connectivity index (χ3n) is 3.72. The first kappa shape index (κ1) is 22.5. The zero-order valence-corrected chi connectivity index (χ0v) is 16.4. The highest BCUT2D eigenvalue weighted by molar-refractivity contribution is 5.77. The first-order valence-corrected chi connectivity index (χ1v) is 9.22. The Labute approximate surface area is 161 Å². The Bertz CT molecular complexity index is 630. The van der Waals surface area contributed by atoms with Gasteiger partial charge in [0.15, 0.2) is 11.5 Å². The highest BCUT2D eigenvalue weighted by Gasteiger charge is 2.09. The number of carbonyl (C=O) groups excluding carboxylic acids is 2. The monoisotopic (exact) mass is 377 g/mol. The van der Waals surface area contributed by atoms with Crippen LogP contribution in [0.3, 0.4) is 0 Å². The zero-order valence-electron chi connectivity index (χ0n) is 16.4. The third kappa shape index (κ3) is 9.65. The molecule has 0 bridgehead atoms. The van der Waals surface area contributed by atoms with Crippen molar-refractivity contribution >= 4 is 11.8 Å². The summed E-state index contributed by atoms with van der Waals surface area (Å²) in [5, 5.41) is 2.90. The average molecular weight is 377 g/mol. The summed E-state index contributed by atoms with van der Waals surface area (Å²) in [4.78, 5) is 28.3. The Kier molecular flexibility index (Phi) is 10.6. The molecule has 1 rings (SSSR count). The smallest absolute Gasteiger partial charge is 0.266 e. The van der Waals surface area contributed by atoms with Gasteiger partial charge in [0.25, 0.3) is 5.91 Å². The quantitative estimate of drug-likeness (QED) is 0.295. The van der Waals surface area contributed by atoms with Crippen molar-refractivity contribution in [2.75, 3.05) is 13.7 Å². The van der Waals surface area contributed by atoms with E-state index in [1.165, 1.54) is 7.11 Å². The third-order valence-corrected chi connectivity index (χ3v) is 3.72. The van der Waals surface area contributed by atoms with Crippen LogP contribution in [0.1, 0.15) is 45.1 Å². The molecule has 7 heteroatoms. The van der Waals surface area contributed by atoms with Crippen LogP contribution in [0.5, 0.6) is 11.5 Å². The van der Waals surface area contributed by atoms with Crippen LogP contribution in [-0.2, 0) is 16.1 Å². The van der Waals surface area contributed by atoms with Crippen molar-refractivity contribution in [1.82, 2.24) is 10.8 Å². The minimum Gasteiger partial charge on any atom is -0.493 e. The van der Waals surface area contributed by atoms with E-state index in [4.69, 9.17) is 15.3 Å². The first-order chi connectivity index (χ1) is 13.0. The van der Waals surface area contributed by atoms with Gasteiger partial charge >= 0.3 is 0 Å². The Morgan fingerprint density at radius 1 is 1.19 bits per heavy atom. The molecule has 0 heterocycles. The second kappa shape index (κ2) is 12.8. The van der Waals surface area contributed by atoms with Crippen LogP contribution in [0.25, 0.3) is 0 Å². The molecule has 1 aromatic rings. The molecule has 0 aliphatic rings. The molecule has 0 radical (unpaired) electrons. The number of hydrogen-bond acceptors (Lipinski definition) is 5. The van der Waals surface area contributed by atoms with Gasteiger partial charge in [0, 0.05) is 13.0 Å². The summed E-state index contributed by atoms with van der Waals surface area (Å²) >= 11 is 0. The van der Waals surface area contributed by atoms with Gasteiger partial charge in [-0.25, -0.2) is 0 Å². The van der Waals surface area contributed by atoms with E-state index in [2.05, 4.69) is 36.8 Å². The number of amides is 2. The van der Waals surface area contributed by atoms with E-state index >= 15 is 0 Å². The number of unbranched alkanes of at least 4 members (excludes halogenated alkanes) is 2. The molecule has 0 atom stereocenters. The first-order valence-electron chi connectivity index (χ1n) is 9.22. The van der Waals surface area contributed by atoms with Crippen LogP contribution >= 0.6 is 0 Å². The van der Waals surface area contributed by atoms with Crippen LogP contribution in [0.2, 0.25) is 0 Å². The summed E-state index contributed by atoms with van der Waals surface area (Å²) in [6, 6.07) is 5.21. The molecule has 1 aromatic carbocycles. The SMILES string of the molecule is COc1cc(CNC(=O)CCCC/C=C/C(C)C)ccc1ONC(=O)CN. The Hall–Kier alpha value is -2.54. The minimum absolute atomic E-state index is 0.0253. The van der Waals surface area contributed by atoms with Gasteiger partial charge in [0.2, 0.25) is 5.91 Å². The summed E-state index contributed by atoms with van der Waals surface area (Å²) in [5.41, 5.74) is 8.29. The molecule has 0 unspecified atom stereocenters. The Morgan fingerprint density at radius 2 is 1.96 bits per heavy atom. The van der Waals surface area contributed by atoms with Crippen molar-refractivity contribution in [2.24, 2.45) is 11.7 Å². The van der Waals surface area contributed by atoms with E-state index in [9.17, 15) is 9.59 Å². The molecule has 0 spiro atoms. The fourth-order valence-electron chi connectivity index (χ4n) is 2.27. The maximum absolute atomic E-state index is 11.9. The molecule has 0 aliphatic carbocycles. The van der Waals surface area contributed by atoms with E-state index < -0.39 is 5.91 Å². The molecule has 4 N–H and O–H groups in total. The molecule has 7 nitrogen and oxygen atoms in total. The molecule has 0 aliphatic heterocycles. The van der Waals surface area contributed by atoms with Gasteiger partial charge in [-0.1, -0.05) is 32.1 Å². The molecule has 27 heavy (non-hydrogen) atoms. The van der Waals surface area contributed by atoms with Crippen molar-refractivity contribution in [2.45, 2.75) is 46.1 Å². The Morgan fingerprint density at radius 3 is 2.63 bits per heavy atom. The van der Waals surface area contributed by atoms with Gasteiger partial charge in [0.1, 0.15) is 0 Å². The lowest BCUT2D eigenvalue weighted by atomic mass is 10.1. The molecule has 0 fully saturated rings. The van der Waals surface area contributed by atoms with Crippen LogP contribution in [0.4, 0.5) is 0 Å². The van der Waals surface area contributed by atoms with Crippen LogP contribution in [-0.4, -0.2) is 25.5 Å². The van der Waals surface area contributed by atoms with E-state index in [1.807, 2.05) is 0 Å². The number of methoxy groups -OCH3 is 1. The maximum Gasteiger partial charge on any atom is 0.266 e. The van der Waals surface area contributed by atoms with Gasteiger partial charge in [-0.2, -0.15) is 5.48 Å². The van der Waals surface area contributed by atoms with Gasteiger partial charge in [-0.15, -0.1) is 0 Å². The number of carbonyl (C=O) groups is 2. The predicted molar refractivity (Wildman–Crippen MR) is 105 cm³/mol. The number of allylic oxidation sites excluding steroid dienone is 2. The van der Waals surface area contributed by atoms with Crippen LogP contribution in [0.15, 0.2) is 30.4 Å². The predicted octanol–water partition coefficient (Wildman–Crippen LogP) is 2.45. The zero-order chi connectivity index (χ0) is 20.1. The van der Waals surface area contributed by atoms with E-state index in [-0.39, 0.29) is 12.5 Å².